The Hall–Kier alpha value is -5.15. The molecule has 3 unspecified atom stereocenters. The molecule has 67 heavy (non-hydrogen) atoms. The van der Waals surface area contributed by atoms with Crippen LogP contribution >= 0.6 is 31.9 Å². The molecule has 0 spiro atoms. The van der Waals surface area contributed by atoms with Gasteiger partial charge in [-0.05, 0) is 104 Å². The minimum Gasteiger partial charge on any atom is -0.494 e. The zero-order chi connectivity index (χ0) is 46.7. The van der Waals surface area contributed by atoms with E-state index in [1.165, 1.54) is 83.2 Å². The lowest BCUT2D eigenvalue weighted by molar-refractivity contribution is 0.134. The lowest BCUT2D eigenvalue weighted by Crippen LogP contribution is -2.44. The number of rotatable bonds is 14. The number of aromatic nitrogens is 4. The second-order valence-electron chi connectivity index (χ2n) is 18.8. The van der Waals surface area contributed by atoms with Crippen molar-refractivity contribution in [1.29, 1.82) is 0 Å². The maximum absolute atomic E-state index is 11.8. The van der Waals surface area contributed by atoms with Crippen LogP contribution in [0.15, 0.2) is 148 Å². The van der Waals surface area contributed by atoms with Crippen molar-refractivity contribution in [3.63, 3.8) is 0 Å². The van der Waals surface area contributed by atoms with Gasteiger partial charge in [0.05, 0.1) is 45.5 Å². The SMILES string of the molecule is CCCCCCC1=C2C(CCCCCC)Cn3c(nc4c5cc(Br)ccc5c5ccc(Br)cc5c43)C2(C)C=CC1(C)O.CCOc1ccc2nc(-c3ccccc3)c(-c3ccccc3)nc2c1. The summed E-state index contributed by atoms with van der Waals surface area (Å²) >= 11 is 7.53. The fraction of sp³-hybridized carbons (Fsp3) is 0.339. The van der Waals surface area contributed by atoms with Gasteiger partial charge in [-0.25, -0.2) is 15.0 Å². The van der Waals surface area contributed by atoms with Crippen LogP contribution in [0.4, 0.5) is 0 Å². The van der Waals surface area contributed by atoms with E-state index in [4.69, 9.17) is 19.7 Å². The first-order chi connectivity index (χ1) is 32.5. The molecular weight excluding hydrogens is 956 g/mol. The number of nitrogens with zero attached hydrogens (tertiary/aromatic N) is 4. The summed E-state index contributed by atoms with van der Waals surface area (Å²) in [5.74, 6) is 2.30. The third-order valence-electron chi connectivity index (χ3n) is 14.0. The summed E-state index contributed by atoms with van der Waals surface area (Å²) in [7, 11) is 0. The Bertz CT molecular complexity index is 3120. The standard InChI is InChI=1S/C37H44Br2N2O.C22H18N2O/c1-5-7-9-11-13-24-23-41-34-30-22-26(39)16-18-28(30)27-17-15-25(38)21-29(27)33(34)40-35(41)36(3)19-20-37(4,42)31(32(24)36)14-12-10-8-6-2;1-2-25-18-13-14-19-20(15-18)24-22(17-11-7-4-8-12-17)21(23-19)16-9-5-3-6-10-16/h15-22,24,42H,5-14,23H2,1-4H3;3-15H,2H2,1H3. The molecule has 0 bridgehead atoms. The lowest BCUT2D eigenvalue weighted by atomic mass is 9.63. The largest absolute Gasteiger partial charge is 0.494 e. The third-order valence-corrected chi connectivity index (χ3v) is 15.0. The van der Waals surface area contributed by atoms with Crippen molar-refractivity contribution in [3.05, 3.63) is 153 Å². The zero-order valence-electron chi connectivity index (χ0n) is 39.6. The quantitative estimate of drug-likeness (QED) is 0.0667. The van der Waals surface area contributed by atoms with Crippen molar-refractivity contribution in [2.75, 3.05) is 6.61 Å². The molecule has 6 aromatic carbocycles. The van der Waals surface area contributed by atoms with E-state index in [-0.39, 0.29) is 5.41 Å². The lowest BCUT2D eigenvalue weighted by Gasteiger charge is -2.47. The van der Waals surface area contributed by atoms with Crippen molar-refractivity contribution in [2.45, 2.75) is 116 Å². The second kappa shape index (κ2) is 20.2. The molecule has 0 saturated heterocycles. The number of hydrogen-bond acceptors (Lipinski definition) is 5. The van der Waals surface area contributed by atoms with E-state index in [9.17, 15) is 5.11 Å². The van der Waals surface area contributed by atoms with E-state index >= 15 is 0 Å². The Kier molecular flexibility index (Phi) is 14.2. The van der Waals surface area contributed by atoms with Gasteiger partial charge >= 0.3 is 0 Å². The molecule has 344 valence electrons. The number of halogens is 2. The molecule has 0 radical (unpaired) electrons. The van der Waals surface area contributed by atoms with Crippen LogP contribution in [-0.2, 0) is 12.0 Å². The highest BCUT2D eigenvalue weighted by Gasteiger charge is 2.48. The number of allylic oxidation sites excluding steroid dienone is 2. The van der Waals surface area contributed by atoms with Gasteiger partial charge in [0.2, 0.25) is 0 Å². The van der Waals surface area contributed by atoms with E-state index in [2.05, 4.69) is 130 Å². The molecule has 0 amide bonds. The van der Waals surface area contributed by atoms with E-state index in [1.54, 1.807) is 0 Å². The average Bonchev–Trinajstić information content (AvgIpc) is 3.74. The molecule has 1 aliphatic heterocycles. The number of imidazole rings is 1. The van der Waals surface area contributed by atoms with Crippen LogP contribution in [0.2, 0.25) is 0 Å². The van der Waals surface area contributed by atoms with Crippen LogP contribution in [0.5, 0.6) is 5.75 Å². The molecule has 0 fully saturated rings. The molecule has 1 N–H and O–H groups in total. The number of benzene rings is 6. The minimum atomic E-state index is -0.911. The molecule has 2 aliphatic rings. The maximum Gasteiger partial charge on any atom is 0.123 e. The van der Waals surface area contributed by atoms with Crippen molar-refractivity contribution >= 4 is 75.5 Å². The first kappa shape index (κ1) is 46.9. The van der Waals surface area contributed by atoms with Crippen LogP contribution in [-0.4, -0.2) is 36.8 Å². The molecule has 3 heterocycles. The molecule has 10 rings (SSSR count). The van der Waals surface area contributed by atoms with Crippen molar-refractivity contribution < 1.29 is 9.84 Å². The molecular formula is C59H62Br2N4O2. The number of hydrogen-bond donors (Lipinski definition) is 1. The number of aliphatic hydroxyl groups is 1. The topological polar surface area (TPSA) is 73.1 Å². The molecule has 8 aromatic rings. The highest BCUT2D eigenvalue weighted by Crippen LogP contribution is 2.53. The smallest absolute Gasteiger partial charge is 0.123 e. The molecule has 6 nitrogen and oxygen atoms in total. The van der Waals surface area contributed by atoms with E-state index < -0.39 is 5.60 Å². The fourth-order valence-electron chi connectivity index (χ4n) is 10.7. The van der Waals surface area contributed by atoms with Gasteiger partial charge in [-0.2, -0.15) is 0 Å². The van der Waals surface area contributed by atoms with Crippen LogP contribution in [0.3, 0.4) is 0 Å². The van der Waals surface area contributed by atoms with Gasteiger partial charge in [-0.3, -0.25) is 0 Å². The molecule has 1 aliphatic carbocycles. The van der Waals surface area contributed by atoms with Crippen LogP contribution in [0, 0.1) is 5.92 Å². The highest BCUT2D eigenvalue weighted by molar-refractivity contribution is 9.10. The first-order valence-corrected chi connectivity index (χ1v) is 26.1. The Morgan fingerprint density at radius 1 is 0.642 bits per heavy atom. The molecule has 3 atom stereocenters. The van der Waals surface area contributed by atoms with Crippen molar-refractivity contribution in [3.8, 4) is 28.3 Å². The van der Waals surface area contributed by atoms with Gasteiger partial charge in [-0.1, -0.05) is 176 Å². The Labute approximate surface area is 412 Å². The predicted octanol–water partition coefficient (Wildman–Crippen LogP) is 16.7. The van der Waals surface area contributed by atoms with E-state index in [0.717, 1.165) is 85.4 Å². The van der Waals surface area contributed by atoms with Crippen LogP contribution < -0.4 is 4.74 Å². The van der Waals surface area contributed by atoms with Gasteiger partial charge in [-0.15, -0.1) is 0 Å². The normalized spacial score (nSPS) is 18.9. The van der Waals surface area contributed by atoms with Crippen molar-refractivity contribution in [2.24, 2.45) is 5.92 Å². The summed E-state index contributed by atoms with van der Waals surface area (Å²) in [4.78, 5) is 15.4. The molecule has 8 heteroatoms. The summed E-state index contributed by atoms with van der Waals surface area (Å²) < 4.78 is 10.3. The molecule has 0 saturated carbocycles. The summed E-state index contributed by atoms with van der Waals surface area (Å²) in [6.07, 6.45) is 16.3. The minimum absolute atomic E-state index is 0.355. The average molecular weight is 1020 g/mol. The maximum atomic E-state index is 11.8. The van der Waals surface area contributed by atoms with Crippen LogP contribution in [0.25, 0.3) is 66.1 Å². The van der Waals surface area contributed by atoms with Gasteiger partial charge in [0.25, 0.3) is 0 Å². The summed E-state index contributed by atoms with van der Waals surface area (Å²) in [6, 6.07) is 39.5. The molecule has 2 aromatic heterocycles. The first-order valence-electron chi connectivity index (χ1n) is 24.5. The Balaban J connectivity index is 0.000000191. The summed E-state index contributed by atoms with van der Waals surface area (Å²) in [5.41, 5.74) is 9.34. The highest BCUT2D eigenvalue weighted by atomic mass is 79.9. The zero-order valence-corrected chi connectivity index (χ0v) is 42.8. The monoisotopic (exact) mass is 1020 g/mol. The van der Waals surface area contributed by atoms with Crippen LogP contribution in [0.1, 0.15) is 105 Å². The van der Waals surface area contributed by atoms with Gasteiger partial charge in [0.15, 0.2) is 0 Å². The van der Waals surface area contributed by atoms with Crippen molar-refractivity contribution in [1.82, 2.24) is 19.5 Å². The summed E-state index contributed by atoms with van der Waals surface area (Å²) in [6.45, 7) is 12.4. The summed E-state index contributed by atoms with van der Waals surface area (Å²) in [5, 5.41) is 16.8. The fourth-order valence-corrected chi connectivity index (χ4v) is 11.4. The van der Waals surface area contributed by atoms with Gasteiger partial charge in [0, 0.05) is 43.5 Å². The number of fused-ring (bicyclic) bond motifs is 11. The van der Waals surface area contributed by atoms with Gasteiger partial charge in [0.1, 0.15) is 17.2 Å². The Morgan fingerprint density at radius 3 is 1.90 bits per heavy atom. The van der Waals surface area contributed by atoms with E-state index in [1.807, 2.05) is 68.4 Å². The Morgan fingerprint density at radius 2 is 1.25 bits per heavy atom. The number of ether oxygens (including phenoxy) is 1. The van der Waals surface area contributed by atoms with E-state index in [0.29, 0.717) is 12.5 Å². The predicted molar refractivity (Wildman–Crippen MR) is 287 cm³/mol. The second-order valence-corrected chi connectivity index (χ2v) is 20.6. The third kappa shape index (κ3) is 9.39. The van der Waals surface area contributed by atoms with Gasteiger partial charge < -0.3 is 14.4 Å². The number of unbranched alkanes of at least 4 members (excludes halogenated alkanes) is 6.